The van der Waals surface area contributed by atoms with Gasteiger partial charge in [0, 0.05) is 53.8 Å². The third-order valence-electron chi connectivity index (χ3n) is 4.94. The lowest BCUT2D eigenvalue weighted by Gasteiger charge is -2.36. The summed E-state index contributed by atoms with van der Waals surface area (Å²) in [4.78, 5) is 18.0. The highest BCUT2D eigenvalue weighted by molar-refractivity contribution is 5.85. The maximum atomic E-state index is 12.0. The van der Waals surface area contributed by atoms with Gasteiger partial charge in [0.05, 0.1) is 11.6 Å². The molecule has 1 aromatic carbocycles. The molecule has 1 unspecified atom stereocenters. The van der Waals surface area contributed by atoms with Crippen molar-refractivity contribution in [3.63, 3.8) is 0 Å². The summed E-state index contributed by atoms with van der Waals surface area (Å²) in [5.74, 6) is 0.556. The number of benzene rings is 1. The lowest BCUT2D eigenvalue weighted by Crippen LogP contribution is -2.51. The number of nitrogens with one attached hydrogen (secondary N) is 2. The van der Waals surface area contributed by atoms with Crippen LogP contribution >= 0.6 is 0 Å². The average Bonchev–Trinajstić information content (AvgIpc) is 2.70. The molecule has 7 heteroatoms. The van der Waals surface area contributed by atoms with Crippen LogP contribution in [0.15, 0.2) is 35.3 Å². The molecule has 1 fully saturated rings. The van der Waals surface area contributed by atoms with E-state index in [4.69, 9.17) is 9.47 Å². The van der Waals surface area contributed by atoms with Crippen LogP contribution in [0.1, 0.15) is 31.4 Å². The van der Waals surface area contributed by atoms with E-state index in [1.54, 1.807) is 21.2 Å². The van der Waals surface area contributed by atoms with Crippen LogP contribution < -0.4 is 10.6 Å². The number of nitrogens with zero attached hydrogens (tertiary/aromatic N) is 2. The van der Waals surface area contributed by atoms with E-state index < -0.39 is 0 Å². The van der Waals surface area contributed by atoms with Gasteiger partial charge in [0.25, 0.3) is 0 Å². The van der Waals surface area contributed by atoms with Crippen molar-refractivity contribution in [2.24, 2.45) is 4.99 Å². The van der Waals surface area contributed by atoms with Gasteiger partial charge in [-0.2, -0.15) is 0 Å². The molecule has 150 valence electrons. The van der Waals surface area contributed by atoms with Crippen molar-refractivity contribution in [2.75, 3.05) is 47.5 Å². The Labute approximate surface area is 162 Å². The number of methoxy groups -OCH3 is 1. The first kappa shape index (κ1) is 21.2. The molecule has 2 rings (SSSR count). The topological polar surface area (TPSA) is 75.2 Å². The highest BCUT2D eigenvalue weighted by Gasteiger charge is 2.32. The number of likely N-dealkylation sites (N-methyl/N-ethyl adjacent to an activating group) is 1. The summed E-state index contributed by atoms with van der Waals surface area (Å²) in [6.45, 7) is 4.15. The van der Waals surface area contributed by atoms with Crippen LogP contribution in [0.25, 0.3) is 0 Å². The van der Waals surface area contributed by atoms with E-state index in [2.05, 4.69) is 34.7 Å². The van der Waals surface area contributed by atoms with Crippen LogP contribution in [0.4, 0.5) is 0 Å². The van der Waals surface area contributed by atoms with Crippen molar-refractivity contribution in [1.82, 2.24) is 15.5 Å². The Morgan fingerprint density at radius 1 is 1.30 bits per heavy atom. The first-order valence-electron chi connectivity index (χ1n) is 9.38. The van der Waals surface area contributed by atoms with Gasteiger partial charge in [0.2, 0.25) is 5.91 Å². The Hall–Kier alpha value is -2.12. The fourth-order valence-electron chi connectivity index (χ4n) is 2.91. The minimum atomic E-state index is -0.276. The molecule has 27 heavy (non-hydrogen) atoms. The fraction of sp³-hybridized carbons (Fsp3) is 0.600. The molecule has 1 heterocycles. The number of carbonyl (C=O) groups excluding carboxylic acids is 1. The third-order valence-corrected chi connectivity index (χ3v) is 4.94. The molecule has 1 atom stereocenters. The summed E-state index contributed by atoms with van der Waals surface area (Å²) in [5, 5.41) is 6.75. The molecule has 1 aromatic rings. The van der Waals surface area contributed by atoms with Crippen molar-refractivity contribution in [1.29, 1.82) is 0 Å². The predicted octanol–water partition coefficient (Wildman–Crippen LogP) is 1.57. The zero-order valence-corrected chi connectivity index (χ0v) is 16.8. The Balaban J connectivity index is 2.06. The lowest BCUT2D eigenvalue weighted by molar-refractivity contribution is -0.127. The van der Waals surface area contributed by atoms with E-state index >= 15 is 0 Å². The van der Waals surface area contributed by atoms with E-state index in [1.165, 1.54) is 4.90 Å². The zero-order chi connectivity index (χ0) is 19.7. The van der Waals surface area contributed by atoms with E-state index in [1.807, 2.05) is 18.2 Å². The van der Waals surface area contributed by atoms with Crippen LogP contribution in [-0.2, 0) is 14.3 Å². The average molecular weight is 377 g/mol. The first-order chi connectivity index (χ1) is 13.0. The lowest BCUT2D eigenvalue weighted by atomic mass is 9.94. The second-order valence-electron chi connectivity index (χ2n) is 7.08. The Morgan fingerprint density at radius 3 is 2.56 bits per heavy atom. The quantitative estimate of drug-likeness (QED) is 0.558. The molecule has 1 aliphatic rings. The van der Waals surface area contributed by atoms with Crippen molar-refractivity contribution in [3.8, 4) is 0 Å². The van der Waals surface area contributed by atoms with Gasteiger partial charge in [0.15, 0.2) is 5.96 Å². The third kappa shape index (κ3) is 6.52. The number of amides is 1. The molecule has 1 saturated heterocycles. The second kappa shape index (κ2) is 10.3. The normalized spacial score (nSPS) is 17.9. The molecule has 2 N–H and O–H groups in total. The Morgan fingerprint density at radius 2 is 1.96 bits per heavy atom. The summed E-state index contributed by atoms with van der Waals surface area (Å²) in [6.07, 6.45) is 1.66. The Kier molecular flexibility index (Phi) is 8.06. The van der Waals surface area contributed by atoms with Crippen LogP contribution in [0, 0.1) is 0 Å². The standard InChI is InChI=1S/C20H32N4O3/c1-16(17-8-6-5-7-9-17)23-19(21-14-18(25)24(2)3)22-15-20(26-4)10-12-27-13-11-20/h5-9,16H,10-15H2,1-4H3,(H2,21,22,23). The van der Waals surface area contributed by atoms with Crippen molar-refractivity contribution in [3.05, 3.63) is 35.9 Å². The summed E-state index contributed by atoms with van der Waals surface area (Å²) in [6, 6.07) is 10.2. The molecule has 0 aromatic heterocycles. The monoisotopic (exact) mass is 376 g/mol. The van der Waals surface area contributed by atoms with Gasteiger partial charge >= 0.3 is 0 Å². The molecule has 0 aliphatic carbocycles. The Bertz CT molecular complexity index is 613. The number of hydrogen-bond donors (Lipinski definition) is 2. The van der Waals surface area contributed by atoms with Crippen LogP contribution in [0.2, 0.25) is 0 Å². The maximum Gasteiger partial charge on any atom is 0.243 e. The molecule has 0 bridgehead atoms. The molecule has 0 radical (unpaired) electrons. The SMILES string of the molecule is COC1(CNC(=NCC(=O)N(C)C)NC(C)c2ccccc2)CCOCC1. The van der Waals surface area contributed by atoms with E-state index in [0.29, 0.717) is 25.7 Å². The smallest absolute Gasteiger partial charge is 0.243 e. The van der Waals surface area contributed by atoms with Gasteiger partial charge in [-0.15, -0.1) is 0 Å². The van der Waals surface area contributed by atoms with Crippen molar-refractivity contribution >= 4 is 11.9 Å². The molecule has 0 saturated carbocycles. The highest BCUT2D eigenvalue weighted by Crippen LogP contribution is 2.23. The number of aliphatic imine (C=N–C) groups is 1. The van der Waals surface area contributed by atoms with Crippen LogP contribution in [-0.4, -0.2) is 69.9 Å². The first-order valence-corrected chi connectivity index (χ1v) is 9.38. The van der Waals surface area contributed by atoms with Crippen LogP contribution in [0.3, 0.4) is 0 Å². The van der Waals surface area contributed by atoms with Gasteiger partial charge in [-0.25, -0.2) is 4.99 Å². The molecule has 7 nitrogen and oxygen atoms in total. The number of guanidine groups is 1. The maximum absolute atomic E-state index is 12.0. The minimum absolute atomic E-state index is 0.0454. The molecular weight excluding hydrogens is 344 g/mol. The van der Waals surface area contributed by atoms with Gasteiger partial charge in [-0.3, -0.25) is 4.79 Å². The minimum Gasteiger partial charge on any atom is -0.381 e. The zero-order valence-electron chi connectivity index (χ0n) is 16.8. The van der Waals surface area contributed by atoms with Gasteiger partial charge < -0.3 is 25.0 Å². The molecular formula is C20H32N4O3. The summed E-state index contributed by atoms with van der Waals surface area (Å²) >= 11 is 0. The summed E-state index contributed by atoms with van der Waals surface area (Å²) in [5.41, 5.74) is 0.876. The van der Waals surface area contributed by atoms with E-state index in [0.717, 1.165) is 18.4 Å². The van der Waals surface area contributed by atoms with Gasteiger partial charge in [-0.1, -0.05) is 30.3 Å². The van der Waals surface area contributed by atoms with Gasteiger partial charge in [-0.05, 0) is 12.5 Å². The number of carbonyl (C=O) groups is 1. The summed E-state index contributed by atoms with van der Waals surface area (Å²) < 4.78 is 11.2. The number of hydrogen-bond acceptors (Lipinski definition) is 4. The van der Waals surface area contributed by atoms with Crippen molar-refractivity contribution in [2.45, 2.75) is 31.4 Å². The van der Waals surface area contributed by atoms with Crippen molar-refractivity contribution < 1.29 is 14.3 Å². The molecule has 0 spiro atoms. The van der Waals surface area contributed by atoms with E-state index in [9.17, 15) is 4.79 Å². The molecule has 1 amide bonds. The summed E-state index contributed by atoms with van der Waals surface area (Å²) in [7, 11) is 5.19. The van der Waals surface area contributed by atoms with E-state index in [-0.39, 0.29) is 24.1 Å². The van der Waals surface area contributed by atoms with Gasteiger partial charge in [0.1, 0.15) is 6.54 Å². The highest BCUT2D eigenvalue weighted by atomic mass is 16.5. The molecule has 1 aliphatic heterocycles. The predicted molar refractivity (Wildman–Crippen MR) is 107 cm³/mol. The largest absolute Gasteiger partial charge is 0.381 e. The fourth-order valence-corrected chi connectivity index (χ4v) is 2.91. The van der Waals surface area contributed by atoms with Crippen LogP contribution in [0.5, 0.6) is 0 Å². The number of rotatable bonds is 7. The second-order valence-corrected chi connectivity index (χ2v) is 7.08. The number of ether oxygens (including phenoxy) is 2.